The summed E-state index contributed by atoms with van der Waals surface area (Å²) in [6.07, 6.45) is 0. The third kappa shape index (κ3) is 2.00. The molecule has 0 aliphatic rings. The number of halogens is 1. The van der Waals surface area contributed by atoms with Gasteiger partial charge in [-0.25, -0.2) is 0 Å². The molecule has 1 heterocycles. The summed E-state index contributed by atoms with van der Waals surface area (Å²) in [5.74, 6) is 0.0775. The standard InChI is InChI=1S/C15H9BrOS/c16-14-8-11(9-18-14)15(17)13-7-3-5-10-4-1-2-6-12(10)13/h1-9H. The predicted molar refractivity (Wildman–Crippen MR) is 79.4 cm³/mol. The molecule has 0 aliphatic heterocycles. The van der Waals surface area contributed by atoms with Gasteiger partial charge in [0.2, 0.25) is 0 Å². The Balaban J connectivity index is 2.17. The van der Waals surface area contributed by atoms with Crippen molar-refractivity contribution in [3.8, 4) is 0 Å². The summed E-state index contributed by atoms with van der Waals surface area (Å²) in [5.41, 5.74) is 1.50. The molecule has 18 heavy (non-hydrogen) atoms. The number of fused-ring (bicyclic) bond motifs is 1. The lowest BCUT2D eigenvalue weighted by Crippen LogP contribution is -2.00. The molecular weight excluding hydrogens is 308 g/mol. The van der Waals surface area contributed by atoms with Crippen LogP contribution in [0.15, 0.2) is 57.7 Å². The van der Waals surface area contributed by atoms with Gasteiger partial charge in [-0.15, -0.1) is 11.3 Å². The summed E-state index contributed by atoms with van der Waals surface area (Å²) in [4.78, 5) is 12.5. The topological polar surface area (TPSA) is 17.1 Å². The molecule has 3 heteroatoms. The first-order valence-electron chi connectivity index (χ1n) is 5.52. The molecule has 1 aromatic heterocycles. The predicted octanol–water partition coefficient (Wildman–Crippen LogP) is 4.89. The van der Waals surface area contributed by atoms with E-state index >= 15 is 0 Å². The summed E-state index contributed by atoms with van der Waals surface area (Å²) in [6.45, 7) is 0. The first kappa shape index (κ1) is 11.6. The van der Waals surface area contributed by atoms with Gasteiger partial charge >= 0.3 is 0 Å². The van der Waals surface area contributed by atoms with E-state index in [4.69, 9.17) is 0 Å². The van der Waals surface area contributed by atoms with Crippen LogP contribution in [0, 0.1) is 0 Å². The van der Waals surface area contributed by atoms with Crippen LogP contribution in [0.5, 0.6) is 0 Å². The van der Waals surface area contributed by atoms with Gasteiger partial charge in [0.1, 0.15) is 0 Å². The van der Waals surface area contributed by atoms with Crippen molar-refractivity contribution in [3.05, 3.63) is 68.8 Å². The van der Waals surface area contributed by atoms with Crippen LogP contribution in [0.2, 0.25) is 0 Å². The molecule has 0 N–H and O–H groups in total. The second kappa shape index (κ2) is 4.67. The van der Waals surface area contributed by atoms with E-state index in [1.807, 2.05) is 53.9 Å². The first-order valence-corrected chi connectivity index (χ1v) is 7.19. The third-order valence-electron chi connectivity index (χ3n) is 2.86. The lowest BCUT2D eigenvalue weighted by atomic mass is 9.99. The maximum atomic E-state index is 12.5. The minimum absolute atomic E-state index is 0.0775. The monoisotopic (exact) mass is 316 g/mol. The summed E-state index contributed by atoms with van der Waals surface area (Å²) in [7, 11) is 0. The molecular formula is C15H9BrOS. The number of hydrogen-bond donors (Lipinski definition) is 0. The van der Waals surface area contributed by atoms with E-state index in [1.54, 1.807) is 0 Å². The Kier molecular flexibility index (Phi) is 3.02. The lowest BCUT2D eigenvalue weighted by Gasteiger charge is -2.04. The molecule has 0 aliphatic carbocycles. The van der Waals surface area contributed by atoms with E-state index in [-0.39, 0.29) is 5.78 Å². The quantitative estimate of drug-likeness (QED) is 0.615. The lowest BCUT2D eigenvalue weighted by molar-refractivity contribution is 0.104. The molecule has 0 unspecified atom stereocenters. The van der Waals surface area contributed by atoms with Crippen LogP contribution in [0.4, 0.5) is 0 Å². The average Bonchev–Trinajstić information content (AvgIpc) is 2.84. The molecule has 0 spiro atoms. The Morgan fingerprint density at radius 3 is 2.61 bits per heavy atom. The van der Waals surface area contributed by atoms with Crippen LogP contribution >= 0.6 is 27.3 Å². The fourth-order valence-electron chi connectivity index (χ4n) is 2.01. The third-order valence-corrected chi connectivity index (χ3v) is 4.37. The van der Waals surface area contributed by atoms with Gasteiger partial charge in [-0.3, -0.25) is 4.79 Å². The Morgan fingerprint density at radius 1 is 1.06 bits per heavy atom. The second-order valence-electron chi connectivity index (χ2n) is 4.00. The molecule has 3 aromatic rings. The van der Waals surface area contributed by atoms with Gasteiger partial charge in [0, 0.05) is 16.5 Å². The molecule has 0 saturated heterocycles. The highest BCUT2D eigenvalue weighted by Crippen LogP contribution is 2.26. The van der Waals surface area contributed by atoms with Gasteiger partial charge in [0.05, 0.1) is 3.79 Å². The Hall–Kier alpha value is -1.45. The van der Waals surface area contributed by atoms with E-state index in [2.05, 4.69) is 15.9 Å². The van der Waals surface area contributed by atoms with Crippen molar-refractivity contribution < 1.29 is 4.79 Å². The fraction of sp³-hybridized carbons (Fsp3) is 0. The Labute approximate surface area is 117 Å². The van der Waals surface area contributed by atoms with Crippen LogP contribution in [0.25, 0.3) is 10.8 Å². The average molecular weight is 317 g/mol. The fourth-order valence-corrected chi connectivity index (χ4v) is 3.14. The molecule has 0 bridgehead atoms. The van der Waals surface area contributed by atoms with Gasteiger partial charge < -0.3 is 0 Å². The zero-order valence-corrected chi connectivity index (χ0v) is 11.8. The van der Waals surface area contributed by atoms with Crippen molar-refractivity contribution in [1.29, 1.82) is 0 Å². The van der Waals surface area contributed by atoms with Crippen LogP contribution in [-0.4, -0.2) is 5.78 Å². The van der Waals surface area contributed by atoms with E-state index in [9.17, 15) is 4.79 Å². The maximum absolute atomic E-state index is 12.5. The normalized spacial score (nSPS) is 10.7. The van der Waals surface area contributed by atoms with Crippen molar-refractivity contribution in [1.82, 2.24) is 0 Å². The number of benzene rings is 2. The van der Waals surface area contributed by atoms with Gasteiger partial charge in [-0.1, -0.05) is 42.5 Å². The van der Waals surface area contributed by atoms with Gasteiger partial charge in [-0.2, -0.15) is 0 Å². The highest BCUT2D eigenvalue weighted by molar-refractivity contribution is 9.11. The van der Waals surface area contributed by atoms with Crippen molar-refractivity contribution in [2.75, 3.05) is 0 Å². The summed E-state index contributed by atoms with van der Waals surface area (Å²) >= 11 is 4.92. The minimum atomic E-state index is 0.0775. The summed E-state index contributed by atoms with van der Waals surface area (Å²) < 4.78 is 0.978. The maximum Gasteiger partial charge on any atom is 0.194 e. The number of hydrogen-bond acceptors (Lipinski definition) is 2. The molecule has 0 radical (unpaired) electrons. The molecule has 1 nitrogen and oxygen atoms in total. The number of carbonyl (C=O) groups excluding carboxylic acids is 1. The number of thiophene rings is 1. The second-order valence-corrected chi connectivity index (χ2v) is 6.29. The molecule has 0 amide bonds. The van der Waals surface area contributed by atoms with Crippen molar-refractivity contribution in [3.63, 3.8) is 0 Å². The number of rotatable bonds is 2. The van der Waals surface area contributed by atoms with Gasteiger partial charge in [0.15, 0.2) is 5.78 Å². The summed E-state index contributed by atoms with van der Waals surface area (Å²) in [6, 6.07) is 15.7. The Bertz CT molecular complexity index is 725. The number of carbonyl (C=O) groups is 1. The van der Waals surface area contributed by atoms with E-state index in [1.165, 1.54) is 11.3 Å². The zero-order chi connectivity index (χ0) is 12.5. The largest absolute Gasteiger partial charge is 0.289 e. The highest BCUT2D eigenvalue weighted by Gasteiger charge is 2.13. The molecule has 88 valence electrons. The smallest absolute Gasteiger partial charge is 0.194 e. The first-order chi connectivity index (χ1) is 8.75. The van der Waals surface area contributed by atoms with Crippen LogP contribution in [0.3, 0.4) is 0 Å². The van der Waals surface area contributed by atoms with Crippen LogP contribution in [-0.2, 0) is 0 Å². The number of ketones is 1. The molecule has 0 saturated carbocycles. The van der Waals surface area contributed by atoms with Crippen molar-refractivity contribution >= 4 is 43.8 Å². The van der Waals surface area contributed by atoms with Crippen LogP contribution < -0.4 is 0 Å². The van der Waals surface area contributed by atoms with Crippen molar-refractivity contribution in [2.45, 2.75) is 0 Å². The minimum Gasteiger partial charge on any atom is -0.289 e. The summed E-state index contributed by atoms with van der Waals surface area (Å²) in [5, 5.41) is 3.98. The highest BCUT2D eigenvalue weighted by atomic mass is 79.9. The SMILES string of the molecule is O=C(c1csc(Br)c1)c1cccc2ccccc12. The molecule has 0 atom stereocenters. The van der Waals surface area contributed by atoms with Gasteiger partial charge in [-0.05, 0) is 32.8 Å². The van der Waals surface area contributed by atoms with Gasteiger partial charge in [0.25, 0.3) is 0 Å². The molecule has 3 rings (SSSR count). The van der Waals surface area contributed by atoms with Crippen molar-refractivity contribution in [2.24, 2.45) is 0 Å². The van der Waals surface area contributed by atoms with E-state index in [0.29, 0.717) is 0 Å². The van der Waals surface area contributed by atoms with E-state index in [0.717, 1.165) is 25.7 Å². The zero-order valence-electron chi connectivity index (χ0n) is 9.39. The Morgan fingerprint density at radius 2 is 1.83 bits per heavy atom. The van der Waals surface area contributed by atoms with E-state index < -0.39 is 0 Å². The molecule has 0 fully saturated rings. The molecule has 2 aromatic carbocycles. The van der Waals surface area contributed by atoms with Crippen LogP contribution in [0.1, 0.15) is 15.9 Å².